The van der Waals surface area contributed by atoms with Gasteiger partial charge in [0.1, 0.15) is 29.5 Å². The highest BCUT2D eigenvalue weighted by molar-refractivity contribution is 5.95. The van der Waals surface area contributed by atoms with E-state index in [1.807, 2.05) is 31.3 Å². The predicted octanol–water partition coefficient (Wildman–Crippen LogP) is 2.08. The molecule has 31 heavy (non-hydrogen) atoms. The van der Waals surface area contributed by atoms with Crippen molar-refractivity contribution in [2.75, 3.05) is 43.6 Å². The molecule has 1 aliphatic rings. The first-order chi connectivity index (χ1) is 15.0. The van der Waals surface area contributed by atoms with Crippen molar-refractivity contribution in [3.8, 4) is 0 Å². The van der Waals surface area contributed by atoms with Gasteiger partial charge in [0.15, 0.2) is 0 Å². The Balaban J connectivity index is 1.41. The van der Waals surface area contributed by atoms with E-state index >= 15 is 0 Å². The van der Waals surface area contributed by atoms with Crippen molar-refractivity contribution in [3.63, 3.8) is 0 Å². The summed E-state index contributed by atoms with van der Waals surface area (Å²) in [5.41, 5.74) is 7.16. The van der Waals surface area contributed by atoms with Crippen molar-refractivity contribution in [2.45, 2.75) is 25.4 Å². The Labute approximate surface area is 181 Å². The number of anilines is 3. The molecule has 9 heteroatoms. The number of carbonyl (C=O) groups excluding carboxylic acids is 1. The van der Waals surface area contributed by atoms with Crippen molar-refractivity contribution < 1.29 is 4.79 Å². The molecular weight excluding hydrogens is 392 g/mol. The summed E-state index contributed by atoms with van der Waals surface area (Å²) in [4.78, 5) is 27.7. The van der Waals surface area contributed by atoms with Crippen molar-refractivity contribution in [1.82, 2.24) is 25.2 Å². The van der Waals surface area contributed by atoms with Gasteiger partial charge in [-0.3, -0.25) is 4.79 Å². The molecule has 0 bridgehead atoms. The zero-order valence-corrected chi connectivity index (χ0v) is 17.9. The molecule has 0 radical (unpaired) electrons. The number of nitrogens with two attached hydrogens (primary N) is 1. The Morgan fingerprint density at radius 2 is 2.00 bits per heavy atom. The summed E-state index contributed by atoms with van der Waals surface area (Å²) in [5.74, 6) is 1.62. The lowest BCUT2D eigenvalue weighted by Crippen LogP contribution is -2.37. The van der Waals surface area contributed by atoms with Crippen LogP contribution in [0.5, 0.6) is 0 Å². The first kappa shape index (κ1) is 20.8. The van der Waals surface area contributed by atoms with Gasteiger partial charge in [0, 0.05) is 31.1 Å². The minimum absolute atomic E-state index is 0.238. The highest BCUT2D eigenvalue weighted by atomic mass is 16.1. The average Bonchev–Trinajstić information content (AvgIpc) is 2.78. The number of amides is 1. The molecule has 0 spiro atoms. The Morgan fingerprint density at radius 3 is 2.77 bits per heavy atom. The maximum atomic E-state index is 12.7. The number of fused-ring (bicyclic) bond motifs is 1. The number of rotatable bonds is 6. The fourth-order valence-electron chi connectivity index (χ4n) is 3.81. The van der Waals surface area contributed by atoms with Crippen molar-refractivity contribution in [3.05, 3.63) is 47.9 Å². The molecule has 2 aromatic heterocycles. The van der Waals surface area contributed by atoms with Crippen LogP contribution in [0.3, 0.4) is 0 Å². The van der Waals surface area contributed by atoms with Gasteiger partial charge in [0.2, 0.25) is 0 Å². The van der Waals surface area contributed by atoms with E-state index in [2.05, 4.69) is 42.8 Å². The molecule has 1 aliphatic heterocycles. The molecule has 1 amide bonds. The van der Waals surface area contributed by atoms with Crippen molar-refractivity contribution >= 4 is 34.1 Å². The van der Waals surface area contributed by atoms with Crippen LogP contribution in [0.4, 0.5) is 17.5 Å². The number of likely N-dealkylation sites (tertiary alicyclic amines) is 1. The number of hydrogen-bond donors (Lipinski definition) is 4. The van der Waals surface area contributed by atoms with Crippen LogP contribution in [0.15, 0.2) is 36.7 Å². The minimum Gasteiger partial charge on any atom is -0.384 e. The molecule has 5 N–H and O–H groups in total. The van der Waals surface area contributed by atoms with Gasteiger partial charge in [-0.2, -0.15) is 0 Å². The maximum Gasteiger partial charge on any atom is 0.270 e. The van der Waals surface area contributed by atoms with E-state index in [4.69, 9.17) is 5.73 Å². The first-order valence-corrected chi connectivity index (χ1v) is 10.4. The number of nitrogens with zero attached hydrogens (tertiary/aromatic N) is 4. The molecule has 3 aromatic rings. The summed E-state index contributed by atoms with van der Waals surface area (Å²) in [7, 11) is 3.94. The fourth-order valence-corrected chi connectivity index (χ4v) is 3.81. The zero-order chi connectivity index (χ0) is 21.8. The van der Waals surface area contributed by atoms with Crippen LogP contribution in [0.1, 0.15) is 28.9 Å². The second-order valence-electron chi connectivity index (χ2n) is 7.89. The number of nitrogen functional groups attached to an aromatic ring is 1. The summed E-state index contributed by atoms with van der Waals surface area (Å²) in [6.45, 7) is 2.49. The SMILES string of the molecule is CNc1nc(N)cc2ccc(CNC(=O)c3cc(NC4CCN(C)CC4)ncn3)cc12. The van der Waals surface area contributed by atoms with Crippen molar-refractivity contribution in [2.24, 2.45) is 0 Å². The van der Waals surface area contributed by atoms with Gasteiger partial charge in [-0.1, -0.05) is 12.1 Å². The molecule has 3 heterocycles. The summed E-state index contributed by atoms with van der Waals surface area (Å²) in [5, 5.41) is 11.4. The topological polar surface area (TPSA) is 121 Å². The third-order valence-corrected chi connectivity index (χ3v) is 5.58. The molecular formula is C22H28N8O. The van der Waals surface area contributed by atoms with Crippen LogP contribution in [0, 0.1) is 0 Å². The van der Waals surface area contributed by atoms with Gasteiger partial charge in [0.25, 0.3) is 5.91 Å². The number of piperidine rings is 1. The molecule has 162 valence electrons. The summed E-state index contributed by atoms with van der Waals surface area (Å²) < 4.78 is 0. The van der Waals surface area contributed by atoms with Gasteiger partial charge in [-0.15, -0.1) is 0 Å². The standard InChI is InChI=1S/C22H28N8O/c1-24-21-17-9-14(3-4-15(17)10-19(23)29-21)12-25-22(31)18-11-20(27-13-26-18)28-16-5-7-30(2)8-6-16/h3-4,9-11,13,16H,5-8,12H2,1-2H3,(H,25,31)(H3,23,24,29)(H,26,27,28). The number of benzene rings is 1. The number of carbonyl (C=O) groups is 1. The van der Waals surface area contributed by atoms with Crippen LogP contribution in [-0.4, -0.2) is 59.0 Å². The minimum atomic E-state index is -0.238. The second kappa shape index (κ2) is 9.13. The van der Waals surface area contributed by atoms with Gasteiger partial charge < -0.3 is 26.6 Å². The van der Waals surface area contributed by atoms with Crippen molar-refractivity contribution in [1.29, 1.82) is 0 Å². The Morgan fingerprint density at radius 1 is 1.19 bits per heavy atom. The number of hydrogen-bond acceptors (Lipinski definition) is 8. The summed E-state index contributed by atoms with van der Waals surface area (Å²) in [6, 6.07) is 9.85. The normalized spacial score (nSPS) is 15.0. The van der Waals surface area contributed by atoms with Gasteiger partial charge in [0.05, 0.1) is 0 Å². The van der Waals surface area contributed by atoms with Gasteiger partial charge >= 0.3 is 0 Å². The van der Waals surface area contributed by atoms with E-state index in [0.717, 1.165) is 42.3 Å². The van der Waals surface area contributed by atoms with Crippen LogP contribution in [0.25, 0.3) is 10.8 Å². The van der Waals surface area contributed by atoms with E-state index in [1.165, 1.54) is 6.33 Å². The van der Waals surface area contributed by atoms with Crippen LogP contribution in [-0.2, 0) is 6.54 Å². The Hall–Kier alpha value is -3.46. The zero-order valence-electron chi connectivity index (χ0n) is 17.9. The molecule has 1 fully saturated rings. The number of pyridine rings is 1. The lowest BCUT2D eigenvalue weighted by molar-refractivity contribution is 0.0946. The third-order valence-electron chi connectivity index (χ3n) is 5.58. The highest BCUT2D eigenvalue weighted by Crippen LogP contribution is 2.24. The van der Waals surface area contributed by atoms with E-state index in [0.29, 0.717) is 35.7 Å². The summed E-state index contributed by atoms with van der Waals surface area (Å²) in [6.07, 6.45) is 3.54. The Bertz CT molecular complexity index is 1080. The quantitative estimate of drug-likeness (QED) is 0.478. The fraction of sp³-hybridized carbons (Fsp3) is 0.364. The van der Waals surface area contributed by atoms with E-state index in [1.54, 1.807) is 6.07 Å². The molecule has 4 rings (SSSR count). The van der Waals surface area contributed by atoms with E-state index in [-0.39, 0.29) is 5.91 Å². The third kappa shape index (κ3) is 5.00. The second-order valence-corrected chi connectivity index (χ2v) is 7.89. The molecule has 0 aliphatic carbocycles. The lowest BCUT2D eigenvalue weighted by atomic mass is 10.1. The van der Waals surface area contributed by atoms with Gasteiger partial charge in [-0.05, 0) is 56.1 Å². The largest absolute Gasteiger partial charge is 0.384 e. The number of nitrogens with one attached hydrogen (secondary N) is 3. The molecule has 9 nitrogen and oxygen atoms in total. The molecule has 1 aromatic carbocycles. The van der Waals surface area contributed by atoms with Gasteiger partial charge in [-0.25, -0.2) is 15.0 Å². The molecule has 0 unspecified atom stereocenters. The number of aromatic nitrogens is 3. The predicted molar refractivity (Wildman–Crippen MR) is 123 cm³/mol. The van der Waals surface area contributed by atoms with E-state index in [9.17, 15) is 4.79 Å². The highest BCUT2D eigenvalue weighted by Gasteiger charge is 2.17. The van der Waals surface area contributed by atoms with Crippen LogP contribution in [0.2, 0.25) is 0 Å². The van der Waals surface area contributed by atoms with Crippen LogP contribution >= 0.6 is 0 Å². The first-order valence-electron chi connectivity index (χ1n) is 10.4. The van der Waals surface area contributed by atoms with Crippen LogP contribution < -0.4 is 21.7 Å². The summed E-state index contributed by atoms with van der Waals surface area (Å²) >= 11 is 0. The Kier molecular flexibility index (Phi) is 6.13. The maximum absolute atomic E-state index is 12.7. The average molecular weight is 421 g/mol. The smallest absolute Gasteiger partial charge is 0.270 e. The lowest BCUT2D eigenvalue weighted by Gasteiger charge is -2.29. The monoisotopic (exact) mass is 420 g/mol. The molecule has 0 atom stereocenters. The molecule has 1 saturated heterocycles. The van der Waals surface area contributed by atoms with E-state index < -0.39 is 0 Å². The molecule has 0 saturated carbocycles.